The van der Waals surface area contributed by atoms with Crippen molar-refractivity contribution < 1.29 is 0 Å². The lowest BCUT2D eigenvalue weighted by Crippen LogP contribution is -2.13. The fourth-order valence-electron chi connectivity index (χ4n) is 0.964. The summed E-state index contributed by atoms with van der Waals surface area (Å²) in [7, 11) is 0. The minimum atomic E-state index is 0. The Kier molecular flexibility index (Phi) is 6.55. The summed E-state index contributed by atoms with van der Waals surface area (Å²) in [6.45, 7) is 1.77. The first kappa shape index (κ1) is 15.7. The maximum absolute atomic E-state index is 5.62. The summed E-state index contributed by atoms with van der Waals surface area (Å²) >= 11 is 1.60. The smallest absolute Gasteiger partial charge is 0.263 e. The molecule has 9 heteroatoms. The van der Waals surface area contributed by atoms with Crippen LogP contribution in [-0.2, 0) is 0 Å². The summed E-state index contributed by atoms with van der Waals surface area (Å²) in [5.74, 6) is 6.67. The molecular weight excluding hydrogens is 283 g/mol. The molecule has 0 bridgehead atoms. The molecule has 0 radical (unpaired) electrons. The number of aryl methyl sites for hydroxylation is 1. The number of rotatable bonds is 3. The van der Waals surface area contributed by atoms with E-state index in [2.05, 4.69) is 20.7 Å². The van der Waals surface area contributed by atoms with Crippen molar-refractivity contribution in [3.05, 3.63) is 28.2 Å². The highest BCUT2D eigenvalue weighted by molar-refractivity contribution is 7.11. The molecule has 0 fully saturated rings. The van der Waals surface area contributed by atoms with Crippen LogP contribution in [0.15, 0.2) is 22.6 Å². The number of hydrazone groups is 1. The fourth-order valence-corrected chi connectivity index (χ4v) is 1.55. The lowest BCUT2D eigenvalue weighted by molar-refractivity contribution is 0.926. The molecule has 6 nitrogen and oxygen atoms in total. The van der Waals surface area contributed by atoms with E-state index in [9.17, 15) is 0 Å². The van der Waals surface area contributed by atoms with Crippen LogP contribution in [0.25, 0.3) is 0 Å². The van der Waals surface area contributed by atoms with Gasteiger partial charge in [-0.3, -0.25) is 0 Å². The molecular formula is C8H12Cl2N6S. The van der Waals surface area contributed by atoms with Gasteiger partial charge in [-0.25, -0.2) is 10.1 Å². The van der Waals surface area contributed by atoms with Crippen LogP contribution in [-0.4, -0.2) is 21.1 Å². The molecule has 0 saturated carbocycles. The van der Waals surface area contributed by atoms with E-state index in [0.717, 1.165) is 4.88 Å². The second-order valence-electron chi connectivity index (χ2n) is 2.83. The van der Waals surface area contributed by atoms with Crippen LogP contribution in [0.2, 0.25) is 0 Å². The van der Waals surface area contributed by atoms with Gasteiger partial charge in [0.25, 0.3) is 5.95 Å². The standard InChI is InChI=1S/C8H10N6S.2ClH/c1-6-11-13-8(14(6)9)12-10-5-7-3-2-4-15-7;;/h2-5H,9H2,1H3,(H,12,13);2*1H/b10-5+;;. The van der Waals surface area contributed by atoms with Crippen LogP contribution in [0.4, 0.5) is 5.95 Å². The van der Waals surface area contributed by atoms with Gasteiger partial charge in [-0.15, -0.1) is 46.3 Å². The number of anilines is 1. The minimum Gasteiger partial charge on any atom is -0.335 e. The van der Waals surface area contributed by atoms with Crippen molar-refractivity contribution in [3.63, 3.8) is 0 Å². The van der Waals surface area contributed by atoms with E-state index in [1.807, 2.05) is 17.5 Å². The van der Waals surface area contributed by atoms with Crippen LogP contribution in [0.1, 0.15) is 10.7 Å². The molecule has 0 aliphatic carbocycles. The predicted molar refractivity (Wildman–Crippen MR) is 74.9 cm³/mol. The highest BCUT2D eigenvalue weighted by Crippen LogP contribution is 2.05. The average Bonchev–Trinajstić information content (AvgIpc) is 2.83. The van der Waals surface area contributed by atoms with Crippen LogP contribution in [0.3, 0.4) is 0 Å². The molecule has 0 aliphatic rings. The van der Waals surface area contributed by atoms with Crippen molar-refractivity contribution in [2.45, 2.75) is 6.92 Å². The number of hydrogen-bond donors (Lipinski definition) is 2. The van der Waals surface area contributed by atoms with Crippen LogP contribution in [0, 0.1) is 6.92 Å². The van der Waals surface area contributed by atoms with Gasteiger partial charge in [0, 0.05) is 4.88 Å². The molecule has 0 spiro atoms. The Morgan fingerprint density at radius 2 is 2.24 bits per heavy atom. The number of nitrogen functional groups attached to an aromatic ring is 1. The summed E-state index contributed by atoms with van der Waals surface area (Å²) in [6.07, 6.45) is 1.70. The zero-order chi connectivity index (χ0) is 10.7. The van der Waals surface area contributed by atoms with Gasteiger partial charge in [-0.05, 0) is 18.4 Å². The van der Waals surface area contributed by atoms with Crippen molar-refractivity contribution in [1.82, 2.24) is 14.9 Å². The van der Waals surface area contributed by atoms with Gasteiger partial charge < -0.3 is 5.84 Å². The second-order valence-corrected chi connectivity index (χ2v) is 3.81. The molecule has 0 atom stereocenters. The topological polar surface area (TPSA) is 81.1 Å². The third-order valence-electron chi connectivity index (χ3n) is 1.77. The van der Waals surface area contributed by atoms with Gasteiger partial charge in [0.05, 0.1) is 6.21 Å². The monoisotopic (exact) mass is 294 g/mol. The van der Waals surface area contributed by atoms with Gasteiger partial charge in [0.15, 0.2) is 5.82 Å². The van der Waals surface area contributed by atoms with E-state index >= 15 is 0 Å². The number of aromatic nitrogens is 3. The molecule has 2 heterocycles. The maximum Gasteiger partial charge on any atom is 0.263 e. The third kappa shape index (κ3) is 3.88. The van der Waals surface area contributed by atoms with Crippen molar-refractivity contribution in [2.24, 2.45) is 5.10 Å². The molecule has 0 aromatic carbocycles. The molecule has 3 N–H and O–H groups in total. The summed E-state index contributed by atoms with van der Waals surface area (Å²) in [6, 6.07) is 3.93. The van der Waals surface area contributed by atoms with Crippen molar-refractivity contribution in [3.8, 4) is 0 Å². The first-order valence-electron chi connectivity index (χ1n) is 4.27. The molecule has 0 aliphatic heterocycles. The largest absolute Gasteiger partial charge is 0.335 e. The van der Waals surface area contributed by atoms with E-state index in [1.54, 1.807) is 24.5 Å². The van der Waals surface area contributed by atoms with E-state index in [-0.39, 0.29) is 24.8 Å². The Labute approximate surface area is 115 Å². The molecule has 0 amide bonds. The Morgan fingerprint density at radius 3 is 2.76 bits per heavy atom. The molecule has 0 unspecified atom stereocenters. The number of nitrogens with two attached hydrogens (primary N) is 1. The van der Waals surface area contributed by atoms with E-state index in [1.165, 1.54) is 4.68 Å². The maximum atomic E-state index is 5.62. The second kappa shape index (κ2) is 7.10. The highest BCUT2D eigenvalue weighted by atomic mass is 35.5. The van der Waals surface area contributed by atoms with Gasteiger partial charge in [-0.1, -0.05) is 6.07 Å². The lowest BCUT2D eigenvalue weighted by Gasteiger charge is -1.98. The highest BCUT2D eigenvalue weighted by Gasteiger charge is 2.02. The zero-order valence-corrected chi connectivity index (χ0v) is 11.3. The zero-order valence-electron chi connectivity index (χ0n) is 8.90. The minimum absolute atomic E-state index is 0. The summed E-state index contributed by atoms with van der Waals surface area (Å²) in [5.41, 5.74) is 2.71. The van der Waals surface area contributed by atoms with Crippen molar-refractivity contribution in [2.75, 3.05) is 11.3 Å². The molecule has 94 valence electrons. The van der Waals surface area contributed by atoms with Crippen molar-refractivity contribution in [1.29, 1.82) is 0 Å². The average molecular weight is 295 g/mol. The number of thiophene rings is 1. The van der Waals surface area contributed by atoms with E-state index < -0.39 is 0 Å². The fraction of sp³-hybridized carbons (Fsp3) is 0.125. The Hall–Kier alpha value is -1.31. The SMILES string of the molecule is Cc1nnc(N/N=C/c2cccs2)n1N.Cl.Cl. The molecule has 2 rings (SSSR count). The molecule has 17 heavy (non-hydrogen) atoms. The summed E-state index contributed by atoms with van der Waals surface area (Å²) < 4.78 is 1.34. The van der Waals surface area contributed by atoms with Crippen LogP contribution >= 0.6 is 36.2 Å². The molecule has 0 saturated heterocycles. The normalized spacial score (nSPS) is 9.71. The number of nitrogens with one attached hydrogen (secondary N) is 1. The van der Waals surface area contributed by atoms with Gasteiger partial charge in [0.2, 0.25) is 0 Å². The molecule has 2 aromatic rings. The van der Waals surface area contributed by atoms with Gasteiger partial charge in [0.1, 0.15) is 0 Å². The van der Waals surface area contributed by atoms with Crippen molar-refractivity contribution >= 4 is 48.3 Å². The van der Waals surface area contributed by atoms with E-state index in [4.69, 9.17) is 5.84 Å². The Balaban J connectivity index is 0.00000128. The summed E-state index contributed by atoms with van der Waals surface area (Å²) in [4.78, 5) is 1.06. The number of hydrogen-bond acceptors (Lipinski definition) is 6. The van der Waals surface area contributed by atoms with Crippen LogP contribution < -0.4 is 11.3 Å². The quantitative estimate of drug-likeness (QED) is 0.512. The third-order valence-corrected chi connectivity index (χ3v) is 2.57. The van der Waals surface area contributed by atoms with E-state index in [0.29, 0.717) is 11.8 Å². The van der Waals surface area contributed by atoms with Gasteiger partial charge in [-0.2, -0.15) is 5.10 Å². The lowest BCUT2D eigenvalue weighted by atomic mass is 10.5. The number of halogens is 2. The Bertz CT molecular complexity index is 466. The predicted octanol–water partition coefficient (Wildman–Crippen LogP) is 1.65. The van der Waals surface area contributed by atoms with Gasteiger partial charge >= 0.3 is 0 Å². The molecule has 2 aromatic heterocycles. The first-order chi connectivity index (χ1) is 7.27. The number of nitrogens with zero attached hydrogens (tertiary/aromatic N) is 4. The Morgan fingerprint density at radius 1 is 1.47 bits per heavy atom. The van der Waals surface area contributed by atoms with Crippen LogP contribution in [0.5, 0.6) is 0 Å². The summed E-state index contributed by atoms with van der Waals surface area (Å²) in [5, 5.41) is 13.6. The first-order valence-corrected chi connectivity index (χ1v) is 5.15.